The van der Waals surface area contributed by atoms with Gasteiger partial charge in [0.05, 0.1) is 25.3 Å². The molecule has 0 aliphatic carbocycles. The van der Waals surface area contributed by atoms with E-state index in [0.29, 0.717) is 23.6 Å². The Labute approximate surface area is 185 Å². The molecule has 1 fully saturated rings. The number of hydrogen-bond acceptors (Lipinski definition) is 5. The van der Waals surface area contributed by atoms with Gasteiger partial charge in [0, 0.05) is 23.7 Å². The smallest absolute Gasteiger partial charge is 0.300 e. The number of benzene rings is 3. The van der Waals surface area contributed by atoms with E-state index < -0.39 is 17.7 Å². The monoisotopic (exact) mass is 427 g/mol. The molecule has 6 nitrogen and oxygen atoms in total. The number of nitrogens with zero attached hydrogens (tertiary/aromatic N) is 1. The number of fused-ring (bicyclic) bond motifs is 1. The summed E-state index contributed by atoms with van der Waals surface area (Å²) >= 11 is 0. The maximum atomic E-state index is 13.2. The Morgan fingerprint density at radius 2 is 1.84 bits per heavy atom. The van der Waals surface area contributed by atoms with E-state index in [1.807, 2.05) is 36.4 Å². The predicted molar refractivity (Wildman–Crippen MR) is 120 cm³/mol. The van der Waals surface area contributed by atoms with Crippen LogP contribution < -0.4 is 14.4 Å². The molecule has 3 aromatic rings. The van der Waals surface area contributed by atoms with Crippen LogP contribution in [0.4, 0.5) is 5.69 Å². The Bertz CT molecular complexity index is 1250. The normalized spacial score (nSPS) is 19.0. The number of hydrogen-bond donors (Lipinski definition) is 1. The lowest BCUT2D eigenvalue weighted by Crippen LogP contribution is -2.29. The molecule has 2 heterocycles. The van der Waals surface area contributed by atoms with Gasteiger partial charge in [0.1, 0.15) is 17.3 Å². The standard InChI is InChI=1S/C26H21NO5/c1-31-20-9-5-8-19(15-20)27-23(16-6-3-2-4-7-16)22(25(29)26(27)30)24(28)18-10-11-21-17(14-18)12-13-32-21/h2-11,14-15,23,28H,12-13H2,1H3/b24-22-. The highest BCUT2D eigenvalue weighted by Gasteiger charge is 2.47. The summed E-state index contributed by atoms with van der Waals surface area (Å²) in [6.07, 6.45) is 0.733. The van der Waals surface area contributed by atoms with Gasteiger partial charge >= 0.3 is 0 Å². The SMILES string of the molecule is COc1cccc(N2C(=O)C(=O)/C(=C(\O)c3ccc4c(c3)CCO4)C2c2ccccc2)c1. The molecule has 0 spiro atoms. The molecule has 160 valence electrons. The van der Waals surface area contributed by atoms with Crippen LogP contribution in [0.25, 0.3) is 5.76 Å². The first-order valence-corrected chi connectivity index (χ1v) is 10.3. The molecule has 3 aromatic carbocycles. The molecule has 1 saturated heterocycles. The number of amides is 1. The number of ether oxygens (including phenoxy) is 2. The number of rotatable bonds is 4. The van der Waals surface area contributed by atoms with Crippen molar-refractivity contribution in [1.29, 1.82) is 0 Å². The van der Waals surface area contributed by atoms with Crippen molar-refractivity contribution < 1.29 is 24.2 Å². The van der Waals surface area contributed by atoms with Crippen LogP contribution in [0.15, 0.2) is 78.4 Å². The highest BCUT2D eigenvalue weighted by atomic mass is 16.5. The van der Waals surface area contributed by atoms with Crippen molar-refractivity contribution in [3.63, 3.8) is 0 Å². The van der Waals surface area contributed by atoms with E-state index in [-0.39, 0.29) is 11.3 Å². The largest absolute Gasteiger partial charge is 0.507 e. The fourth-order valence-corrected chi connectivity index (χ4v) is 4.30. The first-order valence-electron chi connectivity index (χ1n) is 10.3. The first kappa shape index (κ1) is 19.9. The molecule has 0 saturated carbocycles. The van der Waals surface area contributed by atoms with Crippen LogP contribution in [-0.4, -0.2) is 30.5 Å². The second-order valence-electron chi connectivity index (χ2n) is 7.70. The highest BCUT2D eigenvalue weighted by molar-refractivity contribution is 6.51. The van der Waals surface area contributed by atoms with Gasteiger partial charge in [-0.25, -0.2) is 0 Å². The lowest BCUT2D eigenvalue weighted by Gasteiger charge is -2.25. The van der Waals surface area contributed by atoms with E-state index in [1.54, 1.807) is 43.5 Å². The number of aliphatic hydroxyl groups excluding tert-OH is 1. The fraction of sp³-hybridized carbons (Fsp3) is 0.154. The molecule has 32 heavy (non-hydrogen) atoms. The Kier molecular flexibility index (Phi) is 4.90. The van der Waals surface area contributed by atoms with Crippen LogP contribution in [0, 0.1) is 0 Å². The number of methoxy groups -OCH3 is 1. The molecule has 2 aliphatic rings. The van der Waals surface area contributed by atoms with Crippen LogP contribution >= 0.6 is 0 Å². The summed E-state index contributed by atoms with van der Waals surface area (Å²) in [6, 6.07) is 20.7. The Hall–Kier alpha value is -4.06. The molecule has 0 aromatic heterocycles. The number of ketones is 1. The molecule has 0 radical (unpaired) electrons. The summed E-state index contributed by atoms with van der Waals surface area (Å²) in [5.41, 5.74) is 2.75. The second kappa shape index (κ2) is 7.89. The van der Waals surface area contributed by atoms with E-state index in [4.69, 9.17) is 9.47 Å². The average Bonchev–Trinajstić information content (AvgIpc) is 3.41. The topological polar surface area (TPSA) is 76.1 Å². The molecule has 0 bridgehead atoms. The van der Waals surface area contributed by atoms with Crippen molar-refractivity contribution in [2.24, 2.45) is 0 Å². The predicted octanol–water partition coefficient (Wildman–Crippen LogP) is 4.26. The minimum absolute atomic E-state index is 0.0582. The maximum absolute atomic E-state index is 13.2. The van der Waals surface area contributed by atoms with Crippen molar-refractivity contribution >= 4 is 23.1 Å². The summed E-state index contributed by atoms with van der Waals surface area (Å²) in [6.45, 7) is 0.587. The van der Waals surface area contributed by atoms with E-state index in [0.717, 1.165) is 23.3 Å². The molecule has 1 unspecified atom stereocenters. The van der Waals surface area contributed by atoms with E-state index in [2.05, 4.69) is 0 Å². The van der Waals surface area contributed by atoms with E-state index in [9.17, 15) is 14.7 Å². The highest BCUT2D eigenvalue weighted by Crippen LogP contribution is 2.43. The van der Waals surface area contributed by atoms with Crippen molar-refractivity contribution in [2.75, 3.05) is 18.6 Å². The molecule has 2 aliphatic heterocycles. The van der Waals surface area contributed by atoms with Gasteiger partial charge in [-0.05, 0) is 41.5 Å². The summed E-state index contributed by atoms with van der Waals surface area (Å²) in [7, 11) is 1.54. The molecular formula is C26H21NO5. The van der Waals surface area contributed by atoms with Crippen LogP contribution in [0.1, 0.15) is 22.7 Å². The van der Waals surface area contributed by atoms with Crippen LogP contribution in [0.2, 0.25) is 0 Å². The third-order valence-electron chi connectivity index (χ3n) is 5.85. The zero-order valence-corrected chi connectivity index (χ0v) is 17.4. The summed E-state index contributed by atoms with van der Waals surface area (Å²) in [4.78, 5) is 27.8. The third kappa shape index (κ3) is 3.21. The van der Waals surface area contributed by atoms with Gasteiger partial charge in [-0.2, -0.15) is 0 Å². The van der Waals surface area contributed by atoms with Gasteiger partial charge in [-0.15, -0.1) is 0 Å². The zero-order chi connectivity index (χ0) is 22.2. The van der Waals surface area contributed by atoms with Crippen molar-refractivity contribution in [1.82, 2.24) is 0 Å². The van der Waals surface area contributed by atoms with E-state index >= 15 is 0 Å². The van der Waals surface area contributed by atoms with E-state index in [1.165, 1.54) is 4.90 Å². The Morgan fingerprint density at radius 1 is 1.03 bits per heavy atom. The molecule has 1 amide bonds. The Balaban J connectivity index is 1.69. The minimum Gasteiger partial charge on any atom is -0.507 e. The number of Topliss-reactive ketones (excluding diaryl/α,β-unsaturated/α-hetero) is 1. The van der Waals surface area contributed by atoms with Gasteiger partial charge in [-0.3, -0.25) is 14.5 Å². The Morgan fingerprint density at radius 3 is 2.62 bits per heavy atom. The molecule has 5 rings (SSSR count). The molecule has 1 atom stereocenters. The molecule has 6 heteroatoms. The van der Waals surface area contributed by atoms with Gasteiger partial charge in [0.15, 0.2) is 0 Å². The van der Waals surface area contributed by atoms with Crippen molar-refractivity contribution in [3.8, 4) is 11.5 Å². The van der Waals surface area contributed by atoms with Gasteiger partial charge in [0.25, 0.3) is 11.7 Å². The number of aliphatic hydroxyl groups is 1. The second-order valence-corrected chi connectivity index (χ2v) is 7.70. The summed E-state index contributed by atoms with van der Waals surface area (Å²) in [5.74, 6) is -0.279. The van der Waals surface area contributed by atoms with Crippen LogP contribution in [0.5, 0.6) is 11.5 Å². The van der Waals surface area contributed by atoms with Crippen LogP contribution in [-0.2, 0) is 16.0 Å². The maximum Gasteiger partial charge on any atom is 0.300 e. The molecule has 1 N–H and O–H groups in total. The number of anilines is 1. The summed E-state index contributed by atoms with van der Waals surface area (Å²) in [5, 5.41) is 11.3. The minimum atomic E-state index is -0.771. The summed E-state index contributed by atoms with van der Waals surface area (Å²) < 4.78 is 10.9. The fourth-order valence-electron chi connectivity index (χ4n) is 4.30. The average molecular weight is 427 g/mol. The van der Waals surface area contributed by atoms with Crippen LogP contribution in [0.3, 0.4) is 0 Å². The quantitative estimate of drug-likeness (QED) is 0.383. The number of carbonyl (C=O) groups excluding carboxylic acids is 2. The van der Waals surface area contributed by atoms with Crippen molar-refractivity contribution in [2.45, 2.75) is 12.5 Å². The van der Waals surface area contributed by atoms with Gasteiger partial charge in [0.2, 0.25) is 0 Å². The first-order chi connectivity index (χ1) is 15.6. The number of carbonyl (C=O) groups is 2. The molecular weight excluding hydrogens is 406 g/mol. The van der Waals surface area contributed by atoms with Gasteiger partial charge in [-0.1, -0.05) is 36.4 Å². The lowest BCUT2D eigenvalue weighted by molar-refractivity contribution is -0.132. The van der Waals surface area contributed by atoms with Gasteiger partial charge < -0.3 is 14.6 Å². The lowest BCUT2D eigenvalue weighted by atomic mass is 9.94. The van der Waals surface area contributed by atoms with Crippen molar-refractivity contribution in [3.05, 3.63) is 95.1 Å². The third-order valence-corrected chi connectivity index (χ3v) is 5.85. The zero-order valence-electron chi connectivity index (χ0n) is 17.4.